The molecule has 0 radical (unpaired) electrons. The highest BCUT2D eigenvalue weighted by atomic mass is 35.5. The second-order valence-electron chi connectivity index (χ2n) is 8.36. The lowest BCUT2D eigenvalue weighted by molar-refractivity contribution is -0.114. The number of rotatable bonds is 6. The van der Waals surface area contributed by atoms with Gasteiger partial charge in [0.2, 0.25) is 5.91 Å². The van der Waals surface area contributed by atoms with E-state index in [0.29, 0.717) is 5.02 Å². The number of amides is 1. The van der Waals surface area contributed by atoms with Crippen molar-refractivity contribution >= 4 is 35.1 Å². The quantitative estimate of drug-likeness (QED) is 0.240. The Morgan fingerprint density at radius 2 is 1.42 bits per heavy atom. The number of benzene rings is 4. The van der Waals surface area contributed by atoms with E-state index in [1.54, 1.807) is 0 Å². The maximum Gasteiger partial charge on any atom is 0.221 e. The number of hydrogen-bond donors (Lipinski definition) is 1. The number of aromatic nitrogens is 1. The summed E-state index contributed by atoms with van der Waals surface area (Å²) in [5.74, 6) is -0.101. The van der Waals surface area contributed by atoms with Crippen molar-refractivity contribution in [2.24, 2.45) is 4.99 Å². The molecule has 5 heteroatoms. The molecule has 5 rings (SSSR count). The molecule has 5 aromatic rings. The van der Waals surface area contributed by atoms with Crippen molar-refractivity contribution in [2.75, 3.05) is 5.32 Å². The van der Waals surface area contributed by atoms with Crippen molar-refractivity contribution in [1.82, 2.24) is 4.57 Å². The van der Waals surface area contributed by atoms with Crippen LogP contribution in [0.1, 0.15) is 12.5 Å². The second-order valence-corrected chi connectivity index (χ2v) is 8.80. The van der Waals surface area contributed by atoms with E-state index < -0.39 is 0 Å². The maximum atomic E-state index is 11.3. The molecule has 0 bridgehead atoms. The van der Waals surface area contributed by atoms with Gasteiger partial charge < -0.3 is 9.88 Å². The van der Waals surface area contributed by atoms with Crippen molar-refractivity contribution in [1.29, 1.82) is 0 Å². The molecule has 1 aromatic heterocycles. The smallest absolute Gasteiger partial charge is 0.221 e. The average Bonchev–Trinajstić information content (AvgIpc) is 3.29. The van der Waals surface area contributed by atoms with E-state index in [1.807, 2.05) is 91.1 Å². The second kappa shape index (κ2) is 10.5. The van der Waals surface area contributed by atoms with Gasteiger partial charge in [-0.1, -0.05) is 72.3 Å². The number of anilines is 1. The number of halogens is 1. The minimum atomic E-state index is -0.101. The minimum Gasteiger partial charge on any atom is -0.326 e. The van der Waals surface area contributed by atoms with Crippen LogP contribution < -0.4 is 5.32 Å². The maximum absolute atomic E-state index is 11.3. The molecule has 0 aliphatic rings. The summed E-state index contributed by atoms with van der Waals surface area (Å²) in [4.78, 5) is 16.1. The molecule has 0 unspecified atom stereocenters. The molecule has 1 heterocycles. The molecule has 0 spiro atoms. The van der Waals surface area contributed by atoms with Gasteiger partial charge in [-0.05, 0) is 65.7 Å². The van der Waals surface area contributed by atoms with E-state index in [0.717, 1.165) is 45.1 Å². The molecule has 0 saturated carbocycles. The van der Waals surface area contributed by atoms with Crippen LogP contribution in [0.2, 0.25) is 5.02 Å². The number of nitrogens with one attached hydrogen (secondary N) is 1. The topological polar surface area (TPSA) is 46.4 Å². The fraction of sp³-hybridized carbons (Fsp3) is 0.0323. The lowest BCUT2D eigenvalue weighted by atomic mass is 10.1. The van der Waals surface area contributed by atoms with Gasteiger partial charge in [-0.25, -0.2) is 0 Å². The summed E-state index contributed by atoms with van der Waals surface area (Å²) in [6.07, 6.45) is 1.90. The zero-order valence-electron chi connectivity index (χ0n) is 19.7. The van der Waals surface area contributed by atoms with Crippen LogP contribution in [0.4, 0.5) is 11.4 Å². The highest BCUT2D eigenvalue weighted by Crippen LogP contribution is 2.36. The lowest BCUT2D eigenvalue weighted by Crippen LogP contribution is -2.04. The van der Waals surface area contributed by atoms with Gasteiger partial charge in [-0.15, -0.1) is 0 Å². The molecule has 0 aliphatic heterocycles. The highest BCUT2D eigenvalue weighted by molar-refractivity contribution is 6.30. The van der Waals surface area contributed by atoms with Crippen molar-refractivity contribution in [2.45, 2.75) is 6.92 Å². The molecule has 0 atom stereocenters. The Morgan fingerprint density at radius 1 is 0.806 bits per heavy atom. The van der Waals surface area contributed by atoms with Crippen LogP contribution in [0.25, 0.3) is 28.2 Å². The third-order valence-electron chi connectivity index (χ3n) is 5.77. The number of nitrogens with zero attached hydrogens (tertiary/aromatic N) is 2. The number of carbonyl (C=O) groups excluding carboxylic acids is 1. The Kier molecular flexibility index (Phi) is 6.78. The third-order valence-corrected chi connectivity index (χ3v) is 6.02. The van der Waals surface area contributed by atoms with Gasteiger partial charge in [0, 0.05) is 35.1 Å². The highest BCUT2D eigenvalue weighted by Gasteiger charge is 2.18. The molecular weight excluding hydrogens is 466 g/mol. The third kappa shape index (κ3) is 5.14. The summed E-state index contributed by atoms with van der Waals surface area (Å²) < 4.78 is 2.25. The molecule has 0 aliphatic carbocycles. The Labute approximate surface area is 215 Å². The van der Waals surface area contributed by atoms with Gasteiger partial charge in [0.1, 0.15) is 0 Å². The summed E-state index contributed by atoms with van der Waals surface area (Å²) in [6, 6.07) is 38.1. The molecule has 36 heavy (non-hydrogen) atoms. The van der Waals surface area contributed by atoms with E-state index in [9.17, 15) is 4.79 Å². The summed E-state index contributed by atoms with van der Waals surface area (Å²) in [5, 5.41) is 3.48. The monoisotopic (exact) mass is 489 g/mol. The fourth-order valence-corrected chi connectivity index (χ4v) is 4.30. The van der Waals surface area contributed by atoms with Crippen LogP contribution in [-0.4, -0.2) is 16.7 Å². The molecule has 4 nitrogen and oxygen atoms in total. The van der Waals surface area contributed by atoms with E-state index in [4.69, 9.17) is 16.6 Å². The van der Waals surface area contributed by atoms with Crippen LogP contribution in [0.5, 0.6) is 0 Å². The zero-order chi connectivity index (χ0) is 24.9. The number of carbonyl (C=O) groups is 1. The number of aliphatic imine (C=N–C) groups is 1. The standard InChI is InChI=1S/C31H24ClN3O/c1-22(36)34-28-16-14-27(15-17-28)33-21-25-20-30(23-8-4-2-5-9-23)35(29-18-12-26(32)13-19-29)31(25)24-10-6-3-7-11-24/h2-21H,1H3,(H,34,36). The van der Waals surface area contributed by atoms with Gasteiger partial charge in [0.05, 0.1) is 17.1 Å². The first-order valence-corrected chi connectivity index (χ1v) is 12.0. The molecule has 0 saturated heterocycles. The van der Waals surface area contributed by atoms with E-state index in [2.05, 4.69) is 40.2 Å². The molecule has 1 N–H and O–H groups in total. The van der Waals surface area contributed by atoms with E-state index in [1.165, 1.54) is 6.92 Å². The van der Waals surface area contributed by atoms with Gasteiger partial charge in [-0.2, -0.15) is 0 Å². The summed E-state index contributed by atoms with van der Waals surface area (Å²) in [7, 11) is 0. The van der Waals surface area contributed by atoms with E-state index in [-0.39, 0.29) is 5.91 Å². The largest absolute Gasteiger partial charge is 0.326 e. The molecular formula is C31H24ClN3O. The van der Waals surface area contributed by atoms with Gasteiger partial charge in [0.15, 0.2) is 0 Å². The fourth-order valence-electron chi connectivity index (χ4n) is 4.18. The summed E-state index contributed by atoms with van der Waals surface area (Å²) >= 11 is 6.22. The van der Waals surface area contributed by atoms with E-state index >= 15 is 0 Å². The Balaban J connectivity index is 1.67. The summed E-state index contributed by atoms with van der Waals surface area (Å²) in [5.41, 5.74) is 7.81. The van der Waals surface area contributed by atoms with Crippen LogP contribution in [0, 0.1) is 0 Å². The molecule has 1 amide bonds. The average molecular weight is 490 g/mol. The lowest BCUT2D eigenvalue weighted by Gasteiger charge is -2.15. The predicted molar refractivity (Wildman–Crippen MR) is 150 cm³/mol. The van der Waals surface area contributed by atoms with Gasteiger partial charge >= 0.3 is 0 Å². The Bertz CT molecular complexity index is 1500. The van der Waals surface area contributed by atoms with Gasteiger partial charge in [-0.3, -0.25) is 9.79 Å². The summed E-state index contributed by atoms with van der Waals surface area (Å²) in [6.45, 7) is 1.49. The zero-order valence-corrected chi connectivity index (χ0v) is 20.5. The normalized spacial score (nSPS) is 11.1. The Hall–Kier alpha value is -4.41. The van der Waals surface area contributed by atoms with Crippen LogP contribution in [0.3, 0.4) is 0 Å². The van der Waals surface area contributed by atoms with Crippen LogP contribution >= 0.6 is 11.6 Å². The van der Waals surface area contributed by atoms with Crippen molar-refractivity contribution in [3.05, 3.63) is 126 Å². The Morgan fingerprint density at radius 3 is 2.03 bits per heavy atom. The van der Waals surface area contributed by atoms with Crippen molar-refractivity contribution < 1.29 is 4.79 Å². The van der Waals surface area contributed by atoms with Crippen molar-refractivity contribution in [3.8, 4) is 28.2 Å². The van der Waals surface area contributed by atoms with Crippen LogP contribution in [-0.2, 0) is 4.79 Å². The minimum absolute atomic E-state index is 0.101. The first-order chi connectivity index (χ1) is 17.6. The first kappa shape index (κ1) is 23.3. The predicted octanol–water partition coefficient (Wildman–Crippen LogP) is 8.17. The first-order valence-electron chi connectivity index (χ1n) is 11.6. The molecule has 4 aromatic carbocycles. The van der Waals surface area contributed by atoms with Crippen LogP contribution in [0.15, 0.2) is 120 Å². The number of hydrogen-bond acceptors (Lipinski definition) is 2. The SMILES string of the molecule is CC(=O)Nc1ccc(N=Cc2cc(-c3ccccc3)n(-c3ccc(Cl)cc3)c2-c2ccccc2)cc1. The molecule has 176 valence electrons. The van der Waals surface area contributed by atoms with Gasteiger partial charge in [0.25, 0.3) is 0 Å². The molecule has 0 fully saturated rings. The van der Waals surface area contributed by atoms with Crippen molar-refractivity contribution in [3.63, 3.8) is 0 Å².